The molecule has 0 N–H and O–H groups in total. The first-order valence-electron chi connectivity index (χ1n) is 5.10. The highest BCUT2D eigenvalue weighted by Crippen LogP contribution is 2.15. The van der Waals surface area contributed by atoms with Crippen LogP contribution in [0.25, 0.3) is 0 Å². The SMILES string of the molecule is CC1C=CCC1.CC1CC=CC1. The second kappa shape index (κ2) is 5.18. The fourth-order valence-corrected chi connectivity index (χ4v) is 1.54. The van der Waals surface area contributed by atoms with Gasteiger partial charge in [0.15, 0.2) is 0 Å². The number of hydrogen-bond donors (Lipinski definition) is 0. The lowest BCUT2D eigenvalue weighted by Crippen LogP contribution is -1.79. The summed E-state index contributed by atoms with van der Waals surface area (Å²) in [7, 11) is 0. The third kappa shape index (κ3) is 3.75. The highest BCUT2D eigenvalue weighted by molar-refractivity contribution is 4.93. The van der Waals surface area contributed by atoms with E-state index in [0.29, 0.717) is 0 Å². The van der Waals surface area contributed by atoms with E-state index in [4.69, 9.17) is 0 Å². The molecule has 0 bridgehead atoms. The summed E-state index contributed by atoms with van der Waals surface area (Å²) in [5, 5.41) is 0. The lowest BCUT2D eigenvalue weighted by molar-refractivity contribution is 0.638. The van der Waals surface area contributed by atoms with Crippen molar-refractivity contribution >= 4 is 0 Å². The first-order chi connectivity index (χ1) is 5.79. The van der Waals surface area contributed by atoms with E-state index in [1.807, 2.05) is 0 Å². The molecule has 0 amide bonds. The molecule has 68 valence electrons. The van der Waals surface area contributed by atoms with Crippen molar-refractivity contribution in [1.82, 2.24) is 0 Å². The summed E-state index contributed by atoms with van der Waals surface area (Å²) >= 11 is 0. The van der Waals surface area contributed by atoms with E-state index in [1.165, 1.54) is 25.7 Å². The zero-order chi connectivity index (χ0) is 8.81. The molecule has 0 heteroatoms. The Kier molecular flexibility index (Phi) is 4.13. The van der Waals surface area contributed by atoms with Gasteiger partial charge in [-0.25, -0.2) is 0 Å². The minimum atomic E-state index is 0.866. The van der Waals surface area contributed by atoms with Crippen LogP contribution in [-0.2, 0) is 0 Å². The molecular formula is C12H20. The van der Waals surface area contributed by atoms with Crippen LogP contribution < -0.4 is 0 Å². The van der Waals surface area contributed by atoms with Gasteiger partial charge in [0, 0.05) is 0 Å². The molecule has 0 fully saturated rings. The second-order valence-corrected chi connectivity index (χ2v) is 4.03. The van der Waals surface area contributed by atoms with Crippen molar-refractivity contribution in [2.24, 2.45) is 11.8 Å². The van der Waals surface area contributed by atoms with Gasteiger partial charge in [0.1, 0.15) is 0 Å². The molecule has 0 aromatic heterocycles. The highest BCUT2D eigenvalue weighted by Gasteiger charge is 2.00. The Labute approximate surface area is 76.4 Å². The van der Waals surface area contributed by atoms with Crippen molar-refractivity contribution in [3.05, 3.63) is 24.3 Å². The minimum Gasteiger partial charge on any atom is -0.0883 e. The van der Waals surface area contributed by atoms with Crippen LogP contribution in [0.2, 0.25) is 0 Å². The average molecular weight is 164 g/mol. The number of rotatable bonds is 0. The summed E-state index contributed by atoms with van der Waals surface area (Å²) < 4.78 is 0. The van der Waals surface area contributed by atoms with Gasteiger partial charge in [-0.15, -0.1) is 0 Å². The molecule has 2 aliphatic rings. The van der Waals surface area contributed by atoms with Crippen molar-refractivity contribution in [3.63, 3.8) is 0 Å². The maximum atomic E-state index is 2.28. The third-order valence-electron chi connectivity index (χ3n) is 2.50. The summed E-state index contributed by atoms with van der Waals surface area (Å²) in [6, 6.07) is 0. The molecule has 0 saturated heterocycles. The number of allylic oxidation sites excluding steroid dienone is 4. The fourth-order valence-electron chi connectivity index (χ4n) is 1.54. The van der Waals surface area contributed by atoms with E-state index >= 15 is 0 Å². The summed E-state index contributed by atoms with van der Waals surface area (Å²) in [6.45, 7) is 4.53. The zero-order valence-corrected chi connectivity index (χ0v) is 8.29. The monoisotopic (exact) mass is 164 g/mol. The molecule has 1 atom stereocenters. The Balaban J connectivity index is 0.000000120. The largest absolute Gasteiger partial charge is 0.0883 e. The molecule has 0 radical (unpaired) electrons. The highest BCUT2D eigenvalue weighted by atomic mass is 14.1. The molecule has 0 aliphatic heterocycles. The van der Waals surface area contributed by atoms with Crippen LogP contribution in [0.1, 0.15) is 39.5 Å². The Hall–Kier alpha value is -0.520. The van der Waals surface area contributed by atoms with Gasteiger partial charge in [-0.05, 0) is 37.5 Å². The van der Waals surface area contributed by atoms with Crippen LogP contribution in [0.15, 0.2) is 24.3 Å². The van der Waals surface area contributed by atoms with Gasteiger partial charge in [-0.3, -0.25) is 0 Å². The van der Waals surface area contributed by atoms with E-state index in [0.717, 1.165) is 11.8 Å². The topological polar surface area (TPSA) is 0 Å². The van der Waals surface area contributed by atoms with Crippen LogP contribution in [0.3, 0.4) is 0 Å². The van der Waals surface area contributed by atoms with E-state index < -0.39 is 0 Å². The molecule has 0 heterocycles. The van der Waals surface area contributed by atoms with E-state index in [9.17, 15) is 0 Å². The lowest BCUT2D eigenvalue weighted by atomic mass is 10.1. The van der Waals surface area contributed by atoms with Gasteiger partial charge < -0.3 is 0 Å². The normalized spacial score (nSPS) is 27.3. The van der Waals surface area contributed by atoms with Gasteiger partial charge in [0.2, 0.25) is 0 Å². The molecule has 1 unspecified atom stereocenters. The molecule has 12 heavy (non-hydrogen) atoms. The van der Waals surface area contributed by atoms with Gasteiger partial charge in [-0.1, -0.05) is 38.2 Å². The Morgan fingerprint density at radius 1 is 1.00 bits per heavy atom. The predicted molar refractivity (Wildman–Crippen MR) is 55.1 cm³/mol. The fraction of sp³-hybridized carbons (Fsp3) is 0.667. The van der Waals surface area contributed by atoms with Gasteiger partial charge >= 0.3 is 0 Å². The molecule has 0 spiro atoms. The van der Waals surface area contributed by atoms with E-state index in [1.54, 1.807) is 0 Å². The van der Waals surface area contributed by atoms with Crippen molar-refractivity contribution in [3.8, 4) is 0 Å². The van der Waals surface area contributed by atoms with Crippen LogP contribution >= 0.6 is 0 Å². The molecular weight excluding hydrogens is 144 g/mol. The summed E-state index contributed by atoms with van der Waals surface area (Å²) in [5.41, 5.74) is 0. The standard InChI is InChI=1S/2C6H10/c2*1-6-4-2-3-5-6/h2,4,6H,3,5H2,1H3;2-3,6H,4-5H2,1H3. The van der Waals surface area contributed by atoms with E-state index in [2.05, 4.69) is 38.2 Å². The van der Waals surface area contributed by atoms with E-state index in [-0.39, 0.29) is 0 Å². The average Bonchev–Trinajstić information content (AvgIpc) is 2.63. The Morgan fingerprint density at radius 3 is 1.83 bits per heavy atom. The molecule has 2 aliphatic carbocycles. The summed E-state index contributed by atoms with van der Waals surface area (Å²) in [4.78, 5) is 0. The molecule has 2 rings (SSSR count). The lowest BCUT2D eigenvalue weighted by Gasteiger charge is -1.92. The van der Waals surface area contributed by atoms with Crippen LogP contribution in [-0.4, -0.2) is 0 Å². The molecule has 0 aromatic rings. The quantitative estimate of drug-likeness (QED) is 0.476. The smallest absolute Gasteiger partial charge is 0.0259 e. The minimum absolute atomic E-state index is 0.866. The molecule has 0 saturated carbocycles. The van der Waals surface area contributed by atoms with Crippen LogP contribution in [0.5, 0.6) is 0 Å². The Morgan fingerprint density at radius 2 is 1.67 bits per heavy atom. The van der Waals surface area contributed by atoms with Crippen molar-refractivity contribution < 1.29 is 0 Å². The summed E-state index contributed by atoms with van der Waals surface area (Å²) in [5.74, 6) is 1.80. The predicted octanol–water partition coefficient (Wildman–Crippen LogP) is 3.95. The van der Waals surface area contributed by atoms with Gasteiger partial charge in [0.25, 0.3) is 0 Å². The zero-order valence-electron chi connectivity index (χ0n) is 8.29. The first-order valence-corrected chi connectivity index (χ1v) is 5.10. The molecule has 0 nitrogen and oxygen atoms in total. The number of hydrogen-bond acceptors (Lipinski definition) is 0. The van der Waals surface area contributed by atoms with Gasteiger partial charge in [-0.2, -0.15) is 0 Å². The maximum absolute atomic E-state index is 2.28. The first kappa shape index (κ1) is 9.57. The molecule has 0 aromatic carbocycles. The van der Waals surface area contributed by atoms with Gasteiger partial charge in [0.05, 0.1) is 0 Å². The van der Waals surface area contributed by atoms with Crippen LogP contribution in [0.4, 0.5) is 0 Å². The van der Waals surface area contributed by atoms with Crippen molar-refractivity contribution in [2.75, 3.05) is 0 Å². The second-order valence-electron chi connectivity index (χ2n) is 4.03. The summed E-state index contributed by atoms with van der Waals surface area (Å²) in [6.07, 6.45) is 14.3. The van der Waals surface area contributed by atoms with Crippen molar-refractivity contribution in [2.45, 2.75) is 39.5 Å². The Bertz CT molecular complexity index is 157. The third-order valence-corrected chi connectivity index (χ3v) is 2.50. The maximum Gasteiger partial charge on any atom is -0.0259 e. The van der Waals surface area contributed by atoms with Crippen molar-refractivity contribution in [1.29, 1.82) is 0 Å². The van der Waals surface area contributed by atoms with Crippen LogP contribution in [0, 0.1) is 11.8 Å².